The predicted octanol–water partition coefficient (Wildman–Crippen LogP) is 3.14. The van der Waals surface area contributed by atoms with E-state index >= 15 is 0 Å². The SMILES string of the molecule is C=CCO[C@]1(C)C[C@H]1c1ccccc1. The Morgan fingerprint density at radius 3 is 2.86 bits per heavy atom. The van der Waals surface area contributed by atoms with Crippen molar-refractivity contribution >= 4 is 0 Å². The third-order valence-corrected chi connectivity index (χ3v) is 2.92. The average molecular weight is 188 g/mol. The van der Waals surface area contributed by atoms with Gasteiger partial charge in [-0.1, -0.05) is 36.4 Å². The lowest BCUT2D eigenvalue weighted by atomic mass is 10.1. The Hall–Kier alpha value is -1.08. The van der Waals surface area contributed by atoms with E-state index in [4.69, 9.17) is 4.74 Å². The van der Waals surface area contributed by atoms with E-state index in [0.29, 0.717) is 12.5 Å². The molecule has 1 aromatic rings. The first-order valence-corrected chi connectivity index (χ1v) is 5.06. The number of hydrogen-bond donors (Lipinski definition) is 0. The van der Waals surface area contributed by atoms with Crippen LogP contribution in [0.25, 0.3) is 0 Å². The molecule has 1 aliphatic rings. The lowest BCUT2D eigenvalue weighted by Gasteiger charge is -2.11. The summed E-state index contributed by atoms with van der Waals surface area (Å²) in [4.78, 5) is 0. The quantitative estimate of drug-likeness (QED) is 0.659. The number of benzene rings is 1. The van der Waals surface area contributed by atoms with Crippen molar-refractivity contribution in [3.8, 4) is 0 Å². The molecule has 0 spiro atoms. The maximum atomic E-state index is 5.74. The first-order chi connectivity index (χ1) is 6.76. The van der Waals surface area contributed by atoms with Gasteiger partial charge in [-0.15, -0.1) is 6.58 Å². The largest absolute Gasteiger partial charge is 0.371 e. The van der Waals surface area contributed by atoms with Crippen LogP contribution in [0, 0.1) is 0 Å². The highest BCUT2D eigenvalue weighted by Crippen LogP contribution is 2.53. The van der Waals surface area contributed by atoms with Crippen LogP contribution >= 0.6 is 0 Å². The minimum absolute atomic E-state index is 0.0511. The highest BCUT2D eigenvalue weighted by molar-refractivity contribution is 5.30. The van der Waals surface area contributed by atoms with E-state index in [1.165, 1.54) is 5.56 Å². The molecular formula is C13H16O. The van der Waals surface area contributed by atoms with Crippen molar-refractivity contribution < 1.29 is 4.74 Å². The fraction of sp³-hybridized carbons (Fsp3) is 0.385. The Balaban J connectivity index is 2.01. The summed E-state index contributed by atoms with van der Waals surface area (Å²) in [5, 5.41) is 0. The summed E-state index contributed by atoms with van der Waals surface area (Å²) in [5.74, 6) is 0.573. The molecule has 0 bridgehead atoms. The van der Waals surface area contributed by atoms with Crippen LogP contribution in [0.2, 0.25) is 0 Å². The highest BCUT2D eigenvalue weighted by Gasteiger charge is 2.51. The van der Waals surface area contributed by atoms with Gasteiger partial charge in [0, 0.05) is 5.92 Å². The van der Waals surface area contributed by atoms with Gasteiger partial charge in [-0.25, -0.2) is 0 Å². The molecule has 1 heteroatoms. The molecule has 0 aliphatic heterocycles. The summed E-state index contributed by atoms with van der Waals surface area (Å²) in [5.41, 5.74) is 1.44. The normalized spacial score (nSPS) is 29.9. The summed E-state index contributed by atoms with van der Waals surface area (Å²) < 4.78 is 5.74. The molecule has 2 atom stereocenters. The monoisotopic (exact) mass is 188 g/mol. The Kier molecular flexibility index (Phi) is 2.42. The van der Waals surface area contributed by atoms with E-state index < -0.39 is 0 Å². The second kappa shape index (κ2) is 3.58. The average Bonchev–Trinajstić information content (AvgIpc) is 2.90. The molecule has 0 saturated heterocycles. The van der Waals surface area contributed by atoms with Gasteiger partial charge in [0.1, 0.15) is 0 Å². The first kappa shape index (κ1) is 9.47. The standard InChI is InChI=1S/C13H16O/c1-3-9-14-13(2)10-12(13)11-7-5-4-6-8-11/h3-8,12H,1,9-10H2,2H3/t12-,13+/m0/s1. The van der Waals surface area contributed by atoms with Crippen molar-refractivity contribution in [3.05, 3.63) is 48.6 Å². The summed E-state index contributed by atoms with van der Waals surface area (Å²) >= 11 is 0. The lowest BCUT2D eigenvalue weighted by molar-refractivity contribution is 0.0627. The number of rotatable bonds is 4. The van der Waals surface area contributed by atoms with E-state index in [-0.39, 0.29) is 5.60 Å². The molecule has 0 unspecified atom stereocenters. The van der Waals surface area contributed by atoms with Crippen molar-refractivity contribution in [2.45, 2.75) is 24.9 Å². The molecule has 1 aliphatic carbocycles. The molecule has 0 heterocycles. The van der Waals surface area contributed by atoms with Crippen LogP contribution < -0.4 is 0 Å². The molecule has 1 saturated carbocycles. The van der Waals surface area contributed by atoms with E-state index in [2.05, 4.69) is 37.8 Å². The molecule has 0 aromatic heterocycles. The molecule has 1 nitrogen and oxygen atoms in total. The third kappa shape index (κ3) is 1.73. The molecule has 14 heavy (non-hydrogen) atoms. The Morgan fingerprint density at radius 2 is 2.21 bits per heavy atom. The molecule has 0 radical (unpaired) electrons. The Labute approximate surface area is 85.4 Å². The molecule has 74 valence electrons. The zero-order valence-corrected chi connectivity index (χ0v) is 8.57. The topological polar surface area (TPSA) is 9.23 Å². The second-order valence-corrected chi connectivity index (χ2v) is 4.08. The van der Waals surface area contributed by atoms with Gasteiger partial charge < -0.3 is 4.74 Å². The zero-order valence-electron chi connectivity index (χ0n) is 8.57. The van der Waals surface area contributed by atoms with Crippen LogP contribution in [0.5, 0.6) is 0 Å². The lowest BCUT2D eigenvalue weighted by Crippen LogP contribution is -2.11. The fourth-order valence-corrected chi connectivity index (χ4v) is 1.91. The minimum Gasteiger partial charge on any atom is -0.371 e. The Bertz CT molecular complexity index is 317. The summed E-state index contributed by atoms with van der Waals surface area (Å²) in [6.45, 7) is 6.49. The van der Waals surface area contributed by atoms with Gasteiger partial charge in [0.25, 0.3) is 0 Å². The van der Waals surface area contributed by atoms with Gasteiger partial charge in [0.15, 0.2) is 0 Å². The highest BCUT2D eigenvalue weighted by atomic mass is 16.5. The van der Waals surface area contributed by atoms with Gasteiger partial charge in [0.2, 0.25) is 0 Å². The van der Waals surface area contributed by atoms with Gasteiger partial charge in [-0.3, -0.25) is 0 Å². The molecule has 2 rings (SSSR count). The minimum atomic E-state index is 0.0511. The predicted molar refractivity (Wildman–Crippen MR) is 58.4 cm³/mol. The van der Waals surface area contributed by atoms with Crippen molar-refractivity contribution in [1.82, 2.24) is 0 Å². The van der Waals surface area contributed by atoms with Crippen LogP contribution in [0.4, 0.5) is 0 Å². The summed E-state index contributed by atoms with van der Waals surface area (Å²) in [7, 11) is 0. The van der Waals surface area contributed by atoms with Crippen molar-refractivity contribution in [3.63, 3.8) is 0 Å². The van der Waals surface area contributed by atoms with Crippen LogP contribution in [0.1, 0.15) is 24.8 Å². The van der Waals surface area contributed by atoms with E-state index in [1.807, 2.05) is 12.1 Å². The molecule has 1 aromatic carbocycles. The van der Waals surface area contributed by atoms with Crippen molar-refractivity contribution in [2.24, 2.45) is 0 Å². The second-order valence-electron chi connectivity index (χ2n) is 4.08. The summed E-state index contributed by atoms with van der Waals surface area (Å²) in [6, 6.07) is 10.6. The van der Waals surface area contributed by atoms with Crippen LogP contribution in [0.3, 0.4) is 0 Å². The van der Waals surface area contributed by atoms with Crippen LogP contribution in [-0.2, 0) is 4.74 Å². The maximum Gasteiger partial charge on any atom is 0.0734 e. The first-order valence-electron chi connectivity index (χ1n) is 5.06. The molecular weight excluding hydrogens is 172 g/mol. The molecule has 1 fully saturated rings. The van der Waals surface area contributed by atoms with Gasteiger partial charge in [-0.05, 0) is 18.9 Å². The van der Waals surface area contributed by atoms with Gasteiger partial charge >= 0.3 is 0 Å². The van der Waals surface area contributed by atoms with Gasteiger partial charge in [0.05, 0.1) is 12.2 Å². The zero-order chi connectivity index (χ0) is 10.0. The van der Waals surface area contributed by atoms with Crippen LogP contribution in [-0.4, -0.2) is 12.2 Å². The number of ether oxygens (including phenoxy) is 1. The van der Waals surface area contributed by atoms with E-state index in [1.54, 1.807) is 0 Å². The van der Waals surface area contributed by atoms with Crippen molar-refractivity contribution in [2.75, 3.05) is 6.61 Å². The van der Waals surface area contributed by atoms with Crippen molar-refractivity contribution in [1.29, 1.82) is 0 Å². The smallest absolute Gasteiger partial charge is 0.0734 e. The molecule has 0 amide bonds. The fourth-order valence-electron chi connectivity index (χ4n) is 1.91. The van der Waals surface area contributed by atoms with E-state index in [9.17, 15) is 0 Å². The molecule has 0 N–H and O–H groups in total. The maximum absolute atomic E-state index is 5.74. The van der Waals surface area contributed by atoms with Gasteiger partial charge in [-0.2, -0.15) is 0 Å². The third-order valence-electron chi connectivity index (χ3n) is 2.92. The van der Waals surface area contributed by atoms with E-state index in [0.717, 1.165) is 6.42 Å². The number of hydrogen-bond acceptors (Lipinski definition) is 1. The van der Waals surface area contributed by atoms with Crippen LogP contribution in [0.15, 0.2) is 43.0 Å². The summed E-state index contributed by atoms with van der Waals surface area (Å²) in [6.07, 6.45) is 2.94. The Morgan fingerprint density at radius 1 is 1.50 bits per heavy atom.